The number of ether oxygens (including phenoxy) is 2. The van der Waals surface area contributed by atoms with E-state index in [1.807, 2.05) is 0 Å². The van der Waals surface area contributed by atoms with E-state index in [0.717, 1.165) is 0 Å². The minimum Gasteiger partial charge on any atom is -0.497 e. The first-order valence-corrected chi connectivity index (χ1v) is 8.86. The number of rotatable bonds is 6. The predicted octanol–water partition coefficient (Wildman–Crippen LogP) is 0.856. The SMILES string of the molecule is CCOC(=O)[C@]1(N)[C@H](c2ccc(OC)cc2)[C@@H]1S(=O)(=O)CC. The first-order chi connectivity index (χ1) is 10.3. The van der Waals surface area contributed by atoms with Gasteiger partial charge in [0.25, 0.3) is 0 Å². The number of nitrogens with two attached hydrogens (primary N) is 1. The summed E-state index contributed by atoms with van der Waals surface area (Å²) in [4.78, 5) is 12.2. The number of carbonyl (C=O) groups is 1. The molecule has 6 nitrogen and oxygen atoms in total. The summed E-state index contributed by atoms with van der Waals surface area (Å²) in [7, 11) is -1.92. The maximum absolute atomic E-state index is 12.3. The van der Waals surface area contributed by atoms with E-state index in [-0.39, 0.29) is 12.4 Å². The molecule has 1 saturated carbocycles. The third kappa shape index (κ3) is 2.59. The molecule has 1 fully saturated rings. The summed E-state index contributed by atoms with van der Waals surface area (Å²) in [6.45, 7) is 3.37. The van der Waals surface area contributed by atoms with Gasteiger partial charge in [0.2, 0.25) is 0 Å². The lowest BCUT2D eigenvalue weighted by Gasteiger charge is -2.11. The molecule has 122 valence electrons. The second kappa shape index (κ2) is 5.89. The molecule has 1 aromatic carbocycles. The van der Waals surface area contributed by atoms with Crippen LogP contribution >= 0.6 is 0 Å². The van der Waals surface area contributed by atoms with Crippen LogP contribution in [0.5, 0.6) is 5.75 Å². The molecule has 3 atom stereocenters. The minimum absolute atomic E-state index is 0.0668. The molecule has 1 aromatic rings. The van der Waals surface area contributed by atoms with E-state index in [9.17, 15) is 13.2 Å². The van der Waals surface area contributed by atoms with E-state index in [1.165, 1.54) is 0 Å². The normalized spacial score (nSPS) is 27.3. The van der Waals surface area contributed by atoms with Crippen LogP contribution in [0.1, 0.15) is 25.3 Å². The van der Waals surface area contributed by atoms with Gasteiger partial charge >= 0.3 is 5.97 Å². The Morgan fingerprint density at radius 2 is 1.86 bits per heavy atom. The number of methoxy groups -OCH3 is 1. The molecule has 0 bridgehead atoms. The monoisotopic (exact) mass is 327 g/mol. The third-order valence-electron chi connectivity index (χ3n) is 4.07. The van der Waals surface area contributed by atoms with Crippen LogP contribution < -0.4 is 10.5 Å². The molecule has 0 aliphatic heterocycles. The Kier molecular flexibility index (Phi) is 4.49. The van der Waals surface area contributed by atoms with Crippen LogP contribution in [-0.4, -0.2) is 44.6 Å². The van der Waals surface area contributed by atoms with E-state index < -0.39 is 32.5 Å². The van der Waals surface area contributed by atoms with Gasteiger partial charge in [0.1, 0.15) is 11.3 Å². The summed E-state index contributed by atoms with van der Waals surface area (Å²) >= 11 is 0. The molecule has 2 N–H and O–H groups in total. The fourth-order valence-electron chi connectivity index (χ4n) is 2.82. The van der Waals surface area contributed by atoms with Gasteiger partial charge in [-0.1, -0.05) is 19.1 Å². The van der Waals surface area contributed by atoms with Crippen LogP contribution in [0.15, 0.2) is 24.3 Å². The number of hydrogen-bond acceptors (Lipinski definition) is 6. The molecule has 1 aliphatic rings. The summed E-state index contributed by atoms with van der Waals surface area (Å²) in [5.74, 6) is -0.679. The topological polar surface area (TPSA) is 95.7 Å². The Hall–Kier alpha value is -1.60. The summed E-state index contributed by atoms with van der Waals surface area (Å²) in [6.07, 6.45) is 0. The zero-order chi connectivity index (χ0) is 16.5. The summed E-state index contributed by atoms with van der Waals surface area (Å²) in [5.41, 5.74) is 5.32. The van der Waals surface area contributed by atoms with Crippen molar-refractivity contribution in [3.05, 3.63) is 29.8 Å². The fraction of sp³-hybridized carbons (Fsp3) is 0.533. The third-order valence-corrected chi connectivity index (χ3v) is 6.31. The standard InChI is InChI=1S/C15H21NO5S/c1-4-21-14(17)15(16)12(13(15)22(18,19)5-2)10-6-8-11(20-3)9-7-10/h6-9,12-13H,4-5,16H2,1-3H3/t12-,13+,15+/m1/s1. The van der Waals surface area contributed by atoms with Gasteiger partial charge in [-0.25, -0.2) is 13.2 Å². The zero-order valence-corrected chi connectivity index (χ0v) is 13.7. The molecule has 0 aromatic heterocycles. The van der Waals surface area contributed by atoms with Gasteiger partial charge in [-0.05, 0) is 24.6 Å². The maximum Gasteiger partial charge on any atom is 0.328 e. The molecular weight excluding hydrogens is 306 g/mol. The van der Waals surface area contributed by atoms with Crippen LogP contribution in [0.25, 0.3) is 0 Å². The molecule has 0 amide bonds. The van der Waals surface area contributed by atoms with Gasteiger partial charge in [0, 0.05) is 11.7 Å². The first kappa shape index (κ1) is 16.8. The Bertz CT molecular complexity index is 655. The van der Waals surface area contributed by atoms with E-state index in [4.69, 9.17) is 15.2 Å². The summed E-state index contributed by atoms with van der Waals surface area (Å²) in [5, 5.41) is -0.947. The highest BCUT2D eigenvalue weighted by Crippen LogP contribution is 2.55. The van der Waals surface area contributed by atoms with Crippen molar-refractivity contribution in [2.75, 3.05) is 19.5 Å². The lowest BCUT2D eigenvalue weighted by atomic mass is 10.1. The van der Waals surface area contributed by atoms with Crippen LogP contribution in [0, 0.1) is 0 Å². The van der Waals surface area contributed by atoms with Crippen molar-refractivity contribution in [3.8, 4) is 5.75 Å². The smallest absolute Gasteiger partial charge is 0.328 e. The molecule has 0 radical (unpaired) electrons. The van der Waals surface area contributed by atoms with E-state index >= 15 is 0 Å². The van der Waals surface area contributed by atoms with Crippen LogP contribution in [0.3, 0.4) is 0 Å². The number of sulfone groups is 1. The van der Waals surface area contributed by atoms with Gasteiger partial charge in [-0.2, -0.15) is 0 Å². The van der Waals surface area contributed by atoms with Crippen molar-refractivity contribution < 1.29 is 22.7 Å². The highest BCUT2D eigenvalue weighted by atomic mass is 32.2. The highest BCUT2D eigenvalue weighted by molar-refractivity contribution is 7.92. The van der Waals surface area contributed by atoms with Crippen molar-refractivity contribution in [1.29, 1.82) is 0 Å². The molecule has 7 heteroatoms. The van der Waals surface area contributed by atoms with E-state index in [1.54, 1.807) is 45.2 Å². The van der Waals surface area contributed by atoms with Crippen LogP contribution in [0.2, 0.25) is 0 Å². The number of carbonyl (C=O) groups excluding carboxylic acids is 1. The lowest BCUT2D eigenvalue weighted by molar-refractivity contribution is -0.145. The summed E-state index contributed by atoms with van der Waals surface area (Å²) < 4.78 is 34.6. The summed E-state index contributed by atoms with van der Waals surface area (Å²) in [6, 6.07) is 6.90. The van der Waals surface area contributed by atoms with Crippen molar-refractivity contribution in [2.45, 2.75) is 30.6 Å². The van der Waals surface area contributed by atoms with Crippen LogP contribution in [0.4, 0.5) is 0 Å². The number of benzene rings is 1. The molecule has 2 rings (SSSR count). The minimum atomic E-state index is -3.47. The molecule has 0 unspecified atom stereocenters. The van der Waals surface area contributed by atoms with Crippen molar-refractivity contribution in [1.82, 2.24) is 0 Å². The Morgan fingerprint density at radius 1 is 1.27 bits per heavy atom. The van der Waals surface area contributed by atoms with Crippen molar-refractivity contribution >= 4 is 15.8 Å². The van der Waals surface area contributed by atoms with E-state index in [2.05, 4.69) is 0 Å². The molecule has 22 heavy (non-hydrogen) atoms. The molecule has 0 saturated heterocycles. The quantitative estimate of drug-likeness (QED) is 0.779. The van der Waals surface area contributed by atoms with Crippen molar-refractivity contribution in [3.63, 3.8) is 0 Å². The Morgan fingerprint density at radius 3 is 2.32 bits per heavy atom. The Balaban J connectivity index is 2.40. The van der Waals surface area contributed by atoms with Gasteiger partial charge in [-0.3, -0.25) is 0 Å². The largest absolute Gasteiger partial charge is 0.497 e. The molecule has 0 spiro atoms. The predicted molar refractivity (Wildman–Crippen MR) is 82.5 cm³/mol. The van der Waals surface area contributed by atoms with E-state index in [0.29, 0.717) is 11.3 Å². The van der Waals surface area contributed by atoms with Gasteiger partial charge < -0.3 is 15.2 Å². The molecule has 0 heterocycles. The van der Waals surface area contributed by atoms with Crippen LogP contribution in [-0.2, 0) is 19.4 Å². The average molecular weight is 327 g/mol. The van der Waals surface area contributed by atoms with Gasteiger partial charge in [0.15, 0.2) is 9.84 Å². The highest BCUT2D eigenvalue weighted by Gasteiger charge is 2.74. The fourth-order valence-corrected chi connectivity index (χ4v) is 4.73. The Labute approximate surface area is 130 Å². The van der Waals surface area contributed by atoms with Gasteiger partial charge in [0.05, 0.1) is 19.0 Å². The second-order valence-electron chi connectivity index (χ2n) is 5.28. The molecular formula is C15H21NO5S. The maximum atomic E-state index is 12.3. The van der Waals surface area contributed by atoms with Crippen molar-refractivity contribution in [2.24, 2.45) is 5.73 Å². The lowest BCUT2D eigenvalue weighted by Crippen LogP contribution is -2.41. The number of hydrogen-bond donors (Lipinski definition) is 1. The average Bonchev–Trinajstić information content (AvgIpc) is 3.16. The van der Waals surface area contributed by atoms with Gasteiger partial charge in [-0.15, -0.1) is 0 Å². The second-order valence-corrected chi connectivity index (χ2v) is 7.69. The first-order valence-electron chi connectivity index (χ1n) is 7.14. The number of esters is 1. The zero-order valence-electron chi connectivity index (χ0n) is 12.9. The molecule has 1 aliphatic carbocycles.